The van der Waals surface area contributed by atoms with Crippen molar-refractivity contribution < 1.29 is 0 Å². The molecule has 1 rings (SSSR count). The van der Waals surface area contributed by atoms with E-state index in [1.807, 2.05) is 0 Å². The topological polar surface area (TPSA) is 34.9 Å². The van der Waals surface area contributed by atoms with Crippen molar-refractivity contribution in [1.29, 1.82) is 0 Å². The van der Waals surface area contributed by atoms with Gasteiger partial charge in [-0.25, -0.2) is 4.98 Å². The molecule has 0 aliphatic heterocycles. The van der Waals surface area contributed by atoms with Crippen LogP contribution in [0.2, 0.25) is 5.15 Å². The molecule has 5 heteroatoms. The van der Waals surface area contributed by atoms with E-state index >= 15 is 0 Å². The largest absolute Gasteiger partial charge is 0.313 e. The van der Waals surface area contributed by atoms with Crippen LogP contribution in [0.15, 0.2) is 16.0 Å². The van der Waals surface area contributed by atoms with Gasteiger partial charge in [0.05, 0.1) is 0 Å². The Morgan fingerprint density at radius 2 is 2.36 bits per heavy atom. The van der Waals surface area contributed by atoms with Crippen molar-refractivity contribution in [3.05, 3.63) is 21.7 Å². The van der Waals surface area contributed by atoms with E-state index in [0.29, 0.717) is 10.2 Å². The van der Waals surface area contributed by atoms with Gasteiger partial charge in [0.25, 0.3) is 5.56 Å². The first kappa shape index (κ1) is 8.62. The van der Waals surface area contributed by atoms with Gasteiger partial charge in [0.15, 0.2) is 5.03 Å². The van der Waals surface area contributed by atoms with E-state index < -0.39 is 0 Å². The Kier molecular flexibility index (Phi) is 2.57. The monoisotopic (exact) mass is 190 g/mol. The molecule has 0 aromatic carbocycles. The zero-order valence-corrected chi connectivity index (χ0v) is 7.74. The second kappa shape index (κ2) is 3.28. The van der Waals surface area contributed by atoms with Crippen LogP contribution >= 0.6 is 23.4 Å². The highest BCUT2D eigenvalue weighted by molar-refractivity contribution is 7.98. The van der Waals surface area contributed by atoms with Crippen LogP contribution in [0, 0.1) is 0 Å². The van der Waals surface area contributed by atoms with Gasteiger partial charge in [0.1, 0.15) is 5.15 Å². The van der Waals surface area contributed by atoms with E-state index in [1.165, 1.54) is 22.5 Å². The summed E-state index contributed by atoms with van der Waals surface area (Å²) in [5.41, 5.74) is -0.109. The molecule has 0 saturated heterocycles. The Morgan fingerprint density at radius 1 is 1.73 bits per heavy atom. The Hall–Kier alpha value is -0.480. The van der Waals surface area contributed by atoms with Crippen LogP contribution in [-0.4, -0.2) is 15.8 Å². The number of rotatable bonds is 1. The fourth-order valence-electron chi connectivity index (χ4n) is 0.676. The molecule has 1 heterocycles. The minimum Gasteiger partial charge on any atom is -0.313 e. The van der Waals surface area contributed by atoms with Gasteiger partial charge in [-0.1, -0.05) is 11.6 Å². The van der Waals surface area contributed by atoms with E-state index in [1.54, 1.807) is 13.3 Å². The van der Waals surface area contributed by atoms with E-state index in [9.17, 15) is 4.79 Å². The molecule has 0 saturated carbocycles. The lowest BCUT2D eigenvalue weighted by Gasteiger charge is -1.99. The van der Waals surface area contributed by atoms with Crippen molar-refractivity contribution >= 4 is 23.4 Å². The molecule has 0 amide bonds. The van der Waals surface area contributed by atoms with Gasteiger partial charge in [-0.2, -0.15) is 0 Å². The van der Waals surface area contributed by atoms with Crippen molar-refractivity contribution in [1.82, 2.24) is 9.55 Å². The second-order valence-corrected chi connectivity index (χ2v) is 3.17. The summed E-state index contributed by atoms with van der Waals surface area (Å²) in [6.45, 7) is 0. The van der Waals surface area contributed by atoms with Gasteiger partial charge in [-0.05, 0) is 6.26 Å². The molecule has 0 aliphatic rings. The van der Waals surface area contributed by atoms with Crippen LogP contribution in [0.4, 0.5) is 0 Å². The number of hydrogen-bond donors (Lipinski definition) is 0. The zero-order valence-electron chi connectivity index (χ0n) is 6.17. The summed E-state index contributed by atoms with van der Waals surface area (Å²) in [7, 11) is 1.65. The van der Waals surface area contributed by atoms with Crippen molar-refractivity contribution in [3.8, 4) is 0 Å². The number of halogens is 1. The molecule has 0 aliphatic carbocycles. The summed E-state index contributed by atoms with van der Waals surface area (Å²) in [5.74, 6) is 0. The maximum absolute atomic E-state index is 11.2. The van der Waals surface area contributed by atoms with E-state index in [-0.39, 0.29) is 5.56 Å². The van der Waals surface area contributed by atoms with Crippen LogP contribution in [-0.2, 0) is 7.05 Å². The molecule has 0 unspecified atom stereocenters. The highest BCUT2D eigenvalue weighted by Crippen LogP contribution is 2.08. The normalized spacial score (nSPS) is 10.1. The first-order valence-corrected chi connectivity index (χ1v) is 4.52. The summed E-state index contributed by atoms with van der Waals surface area (Å²) in [4.78, 5) is 15.0. The Morgan fingerprint density at radius 3 is 2.91 bits per heavy atom. The number of aromatic nitrogens is 2. The summed E-state index contributed by atoms with van der Waals surface area (Å²) < 4.78 is 1.42. The molecule has 1 aromatic rings. The van der Waals surface area contributed by atoms with Crippen LogP contribution in [0.5, 0.6) is 0 Å². The lowest BCUT2D eigenvalue weighted by molar-refractivity contribution is 0.795. The molecule has 0 fully saturated rings. The van der Waals surface area contributed by atoms with Crippen LogP contribution in [0.3, 0.4) is 0 Å². The smallest absolute Gasteiger partial charge is 0.282 e. The first-order chi connectivity index (χ1) is 5.15. The van der Waals surface area contributed by atoms with Gasteiger partial charge in [-0.3, -0.25) is 4.79 Å². The standard InChI is InChI=1S/C6H7ClN2OS/c1-9-3-4(7)8-5(11-2)6(9)10/h3H,1-2H3. The lowest BCUT2D eigenvalue weighted by Crippen LogP contribution is -2.18. The van der Waals surface area contributed by atoms with Gasteiger partial charge in [0.2, 0.25) is 0 Å². The number of hydrogen-bond acceptors (Lipinski definition) is 3. The predicted octanol–water partition coefficient (Wildman–Crippen LogP) is 1.16. The third-order valence-corrected chi connectivity index (χ3v) is 2.04. The van der Waals surface area contributed by atoms with Gasteiger partial charge < -0.3 is 4.57 Å². The Labute approximate surface area is 73.4 Å². The van der Waals surface area contributed by atoms with Gasteiger partial charge >= 0.3 is 0 Å². The fourth-order valence-corrected chi connectivity index (χ4v) is 1.47. The van der Waals surface area contributed by atoms with Crippen molar-refractivity contribution in [2.75, 3.05) is 6.26 Å². The molecule has 11 heavy (non-hydrogen) atoms. The molecule has 0 spiro atoms. The highest BCUT2D eigenvalue weighted by Gasteiger charge is 2.02. The molecule has 0 N–H and O–H groups in total. The third-order valence-electron chi connectivity index (χ3n) is 1.21. The minimum atomic E-state index is -0.109. The maximum Gasteiger partial charge on any atom is 0.282 e. The first-order valence-electron chi connectivity index (χ1n) is 2.92. The second-order valence-electron chi connectivity index (χ2n) is 1.99. The summed E-state index contributed by atoms with van der Waals surface area (Å²) in [5, 5.41) is 0.774. The quantitative estimate of drug-likeness (QED) is 0.624. The number of nitrogens with zero attached hydrogens (tertiary/aromatic N) is 2. The zero-order chi connectivity index (χ0) is 8.43. The van der Waals surface area contributed by atoms with E-state index in [4.69, 9.17) is 11.6 Å². The van der Waals surface area contributed by atoms with Crippen molar-refractivity contribution in [3.63, 3.8) is 0 Å². The SMILES string of the molecule is CSc1nc(Cl)cn(C)c1=O. The molecule has 0 atom stereocenters. The summed E-state index contributed by atoms with van der Waals surface area (Å²) in [6.07, 6.45) is 3.28. The molecule has 3 nitrogen and oxygen atoms in total. The summed E-state index contributed by atoms with van der Waals surface area (Å²) in [6, 6.07) is 0. The molecular weight excluding hydrogens is 184 g/mol. The molecule has 0 bridgehead atoms. The molecule has 1 aromatic heterocycles. The number of thioether (sulfide) groups is 1. The van der Waals surface area contributed by atoms with Gasteiger partial charge in [-0.15, -0.1) is 11.8 Å². The van der Waals surface area contributed by atoms with E-state index in [0.717, 1.165) is 0 Å². The lowest BCUT2D eigenvalue weighted by atomic mass is 10.7. The predicted molar refractivity (Wildman–Crippen MR) is 46.3 cm³/mol. The van der Waals surface area contributed by atoms with Crippen LogP contribution in [0.25, 0.3) is 0 Å². The summed E-state index contributed by atoms with van der Waals surface area (Å²) >= 11 is 6.91. The van der Waals surface area contributed by atoms with Crippen LogP contribution < -0.4 is 5.56 Å². The molecular formula is C6H7ClN2OS. The average Bonchev–Trinajstić information content (AvgIpc) is 1.96. The number of aryl methyl sites for hydroxylation is 1. The maximum atomic E-state index is 11.2. The minimum absolute atomic E-state index is 0.109. The van der Waals surface area contributed by atoms with Crippen LogP contribution in [0.1, 0.15) is 0 Å². The van der Waals surface area contributed by atoms with Crippen molar-refractivity contribution in [2.45, 2.75) is 5.03 Å². The third kappa shape index (κ3) is 1.75. The molecule has 0 radical (unpaired) electrons. The Bertz CT molecular complexity index is 323. The average molecular weight is 191 g/mol. The van der Waals surface area contributed by atoms with E-state index in [2.05, 4.69) is 4.98 Å². The highest BCUT2D eigenvalue weighted by atomic mass is 35.5. The molecule has 60 valence electrons. The Balaban J connectivity index is 3.37. The fraction of sp³-hybridized carbons (Fsp3) is 0.333. The van der Waals surface area contributed by atoms with Gasteiger partial charge in [0, 0.05) is 13.2 Å². The van der Waals surface area contributed by atoms with Crippen molar-refractivity contribution in [2.24, 2.45) is 7.05 Å².